The average molecular weight is 331 g/mol. The highest BCUT2D eigenvalue weighted by Crippen LogP contribution is 2.35. The van der Waals surface area contributed by atoms with Gasteiger partial charge in [0.25, 0.3) is 0 Å². The number of halogens is 3. The van der Waals surface area contributed by atoms with Gasteiger partial charge in [-0.1, -0.05) is 18.6 Å². The van der Waals surface area contributed by atoms with Crippen LogP contribution in [0, 0.1) is 5.92 Å². The van der Waals surface area contributed by atoms with Crippen LogP contribution in [0.3, 0.4) is 0 Å². The molecule has 1 amide bonds. The Balaban J connectivity index is 1.87. The molecule has 1 unspecified atom stereocenters. The summed E-state index contributed by atoms with van der Waals surface area (Å²) in [6, 6.07) is 4.84. The Labute approximate surface area is 132 Å². The van der Waals surface area contributed by atoms with E-state index in [9.17, 15) is 23.1 Å². The minimum absolute atomic E-state index is 0.0130. The Morgan fingerprint density at radius 1 is 1.39 bits per heavy atom. The third kappa shape index (κ3) is 4.60. The third-order valence-electron chi connectivity index (χ3n) is 3.94. The van der Waals surface area contributed by atoms with Crippen LogP contribution in [0.2, 0.25) is 0 Å². The van der Waals surface area contributed by atoms with Crippen LogP contribution >= 0.6 is 0 Å². The average Bonchev–Trinajstić information content (AvgIpc) is 2.42. The maximum Gasteiger partial charge on any atom is 0.419 e. The summed E-state index contributed by atoms with van der Waals surface area (Å²) < 4.78 is 43.6. The smallest absolute Gasteiger partial charge is 0.419 e. The number of aliphatic hydroxyl groups excluding tert-OH is 1. The monoisotopic (exact) mass is 331 g/mol. The lowest BCUT2D eigenvalue weighted by Gasteiger charge is -2.30. The quantitative estimate of drug-likeness (QED) is 0.872. The number of carbonyl (C=O) groups excluding carboxylic acids is 1. The number of amides is 1. The number of benzene rings is 1. The largest absolute Gasteiger partial charge is 0.490 e. The molecule has 0 heterocycles. The summed E-state index contributed by atoms with van der Waals surface area (Å²) in [5.74, 6) is -0.350. The minimum Gasteiger partial charge on any atom is -0.490 e. The molecule has 1 aromatic carbocycles. The molecule has 1 aliphatic carbocycles. The Bertz CT molecular complexity index is 544. The van der Waals surface area contributed by atoms with Crippen molar-refractivity contribution in [1.29, 1.82) is 0 Å². The first-order valence-electron chi connectivity index (χ1n) is 7.51. The van der Waals surface area contributed by atoms with E-state index in [1.165, 1.54) is 23.1 Å². The molecule has 1 aromatic rings. The molecule has 1 fully saturated rings. The molecule has 0 saturated heterocycles. The van der Waals surface area contributed by atoms with Crippen LogP contribution in [0.5, 0.6) is 5.75 Å². The van der Waals surface area contributed by atoms with Crippen molar-refractivity contribution in [3.63, 3.8) is 0 Å². The van der Waals surface area contributed by atoms with Gasteiger partial charge in [-0.25, -0.2) is 0 Å². The lowest BCUT2D eigenvalue weighted by atomic mass is 9.84. The number of para-hydroxylation sites is 1. The summed E-state index contributed by atoms with van der Waals surface area (Å²) in [5, 5.41) is 9.90. The Kier molecular flexibility index (Phi) is 5.51. The SMILES string of the molecule is CN(CC(O)COc1ccccc1C(F)(F)F)C(=O)C1CCC1. The number of hydrogen-bond acceptors (Lipinski definition) is 3. The molecular formula is C16H20F3NO3. The Hall–Kier alpha value is -1.76. The van der Waals surface area contributed by atoms with Gasteiger partial charge in [-0.05, 0) is 25.0 Å². The van der Waals surface area contributed by atoms with E-state index in [0.717, 1.165) is 25.3 Å². The summed E-state index contributed by atoms with van der Waals surface area (Å²) in [5.41, 5.74) is -0.883. The summed E-state index contributed by atoms with van der Waals surface area (Å²) in [7, 11) is 1.58. The van der Waals surface area contributed by atoms with Crippen LogP contribution in [0.1, 0.15) is 24.8 Å². The van der Waals surface area contributed by atoms with Crippen molar-refractivity contribution in [1.82, 2.24) is 4.90 Å². The molecule has 23 heavy (non-hydrogen) atoms. The van der Waals surface area contributed by atoms with Crippen molar-refractivity contribution >= 4 is 5.91 Å². The maximum absolute atomic E-state index is 12.8. The van der Waals surface area contributed by atoms with Crippen molar-refractivity contribution in [2.75, 3.05) is 20.2 Å². The predicted octanol–water partition coefficient (Wildman–Crippen LogP) is 2.70. The number of rotatable bonds is 6. The van der Waals surface area contributed by atoms with E-state index in [0.29, 0.717) is 0 Å². The van der Waals surface area contributed by atoms with Crippen molar-refractivity contribution in [2.45, 2.75) is 31.5 Å². The molecule has 0 aliphatic heterocycles. The number of aliphatic hydroxyl groups is 1. The molecule has 1 atom stereocenters. The molecule has 128 valence electrons. The fourth-order valence-electron chi connectivity index (χ4n) is 2.44. The van der Waals surface area contributed by atoms with Crippen molar-refractivity contribution in [3.05, 3.63) is 29.8 Å². The normalized spacial score (nSPS) is 16.6. The minimum atomic E-state index is -4.52. The van der Waals surface area contributed by atoms with Crippen molar-refractivity contribution in [3.8, 4) is 5.75 Å². The zero-order chi connectivity index (χ0) is 17.0. The molecule has 4 nitrogen and oxygen atoms in total. The van der Waals surface area contributed by atoms with Gasteiger partial charge in [0.15, 0.2) is 0 Å². The van der Waals surface area contributed by atoms with E-state index in [1.807, 2.05) is 0 Å². The summed E-state index contributed by atoms with van der Waals surface area (Å²) in [6.07, 6.45) is -2.82. The molecule has 1 saturated carbocycles. The van der Waals surface area contributed by atoms with Gasteiger partial charge >= 0.3 is 6.18 Å². The van der Waals surface area contributed by atoms with Gasteiger partial charge in [-0.3, -0.25) is 4.79 Å². The molecular weight excluding hydrogens is 311 g/mol. The van der Waals surface area contributed by atoms with Crippen LogP contribution in [0.25, 0.3) is 0 Å². The number of ether oxygens (including phenoxy) is 1. The molecule has 7 heteroatoms. The van der Waals surface area contributed by atoms with E-state index in [-0.39, 0.29) is 30.7 Å². The van der Waals surface area contributed by atoms with Crippen LogP contribution in [0.4, 0.5) is 13.2 Å². The summed E-state index contributed by atoms with van der Waals surface area (Å²) in [6.45, 7) is -0.279. The highest BCUT2D eigenvalue weighted by atomic mass is 19.4. The van der Waals surface area contributed by atoms with E-state index >= 15 is 0 Å². The van der Waals surface area contributed by atoms with Crippen LogP contribution in [-0.2, 0) is 11.0 Å². The number of likely N-dealkylation sites (N-methyl/N-ethyl adjacent to an activating group) is 1. The van der Waals surface area contributed by atoms with E-state index < -0.39 is 17.8 Å². The summed E-state index contributed by atoms with van der Waals surface area (Å²) in [4.78, 5) is 13.4. The lowest BCUT2D eigenvalue weighted by Crippen LogP contribution is -2.41. The van der Waals surface area contributed by atoms with Gasteiger partial charge in [0.1, 0.15) is 18.5 Å². The highest BCUT2D eigenvalue weighted by Gasteiger charge is 2.34. The first-order valence-corrected chi connectivity index (χ1v) is 7.51. The van der Waals surface area contributed by atoms with Gasteiger partial charge in [-0.2, -0.15) is 13.2 Å². The van der Waals surface area contributed by atoms with Crippen LogP contribution < -0.4 is 4.74 Å². The van der Waals surface area contributed by atoms with E-state index in [4.69, 9.17) is 4.74 Å². The molecule has 0 bridgehead atoms. The van der Waals surface area contributed by atoms with Gasteiger partial charge < -0.3 is 14.7 Å². The van der Waals surface area contributed by atoms with Gasteiger partial charge in [0.05, 0.1) is 5.56 Å². The van der Waals surface area contributed by atoms with Crippen molar-refractivity contribution < 1.29 is 27.8 Å². The van der Waals surface area contributed by atoms with Crippen LogP contribution in [-0.4, -0.2) is 42.2 Å². The number of alkyl halides is 3. The highest BCUT2D eigenvalue weighted by molar-refractivity contribution is 5.79. The van der Waals surface area contributed by atoms with E-state index in [2.05, 4.69) is 0 Å². The van der Waals surface area contributed by atoms with Gasteiger partial charge in [0.2, 0.25) is 5.91 Å². The second-order valence-corrected chi connectivity index (χ2v) is 5.81. The Morgan fingerprint density at radius 2 is 2.04 bits per heavy atom. The molecule has 2 rings (SSSR count). The predicted molar refractivity (Wildman–Crippen MR) is 77.9 cm³/mol. The van der Waals surface area contributed by atoms with Crippen molar-refractivity contribution in [2.24, 2.45) is 5.92 Å². The molecule has 0 radical (unpaired) electrons. The fraction of sp³-hybridized carbons (Fsp3) is 0.562. The van der Waals surface area contributed by atoms with E-state index in [1.54, 1.807) is 7.05 Å². The van der Waals surface area contributed by atoms with Gasteiger partial charge in [-0.15, -0.1) is 0 Å². The van der Waals surface area contributed by atoms with Gasteiger partial charge in [0, 0.05) is 19.5 Å². The zero-order valence-electron chi connectivity index (χ0n) is 12.8. The number of hydrogen-bond donors (Lipinski definition) is 1. The topological polar surface area (TPSA) is 49.8 Å². The fourth-order valence-corrected chi connectivity index (χ4v) is 2.44. The molecule has 1 N–H and O–H groups in total. The third-order valence-corrected chi connectivity index (χ3v) is 3.94. The number of nitrogens with zero attached hydrogens (tertiary/aromatic N) is 1. The first kappa shape index (κ1) is 17.6. The standard InChI is InChI=1S/C16H20F3NO3/c1-20(15(22)11-5-4-6-11)9-12(21)10-23-14-8-3-2-7-13(14)16(17,18)19/h2-3,7-8,11-12,21H,4-6,9-10H2,1H3. The lowest BCUT2D eigenvalue weighted by molar-refractivity contribution is -0.139. The van der Waals surface area contributed by atoms with Crippen LogP contribution in [0.15, 0.2) is 24.3 Å². The number of carbonyl (C=O) groups is 1. The summed E-state index contributed by atoms with van der Waals surface area (Å²) >= 11 is 0. The molecule has 1 aliphatic rings. The Morgan fingerprint density at radius 3 is 2.61 bits per heavy atom. The second kappa shape index (κ2) is 7.21. The molecule has 0 spiro atoms. The maximum atomic E-state index is 12.8. The first-order chi connectivity index (χ1) is 10.8. The zero-order valence-corrected chi connectivity index (χ0v) is 12.8. The second-order valence-electron chi connectivity index (χ2n) is 5.81. The molecule has 0 aromatic heterocycles.